The van der Waals surface area contributed by atoms with E-state index in [1.54, 1.807) is 0 Å². The van der Waals surface area contributed by atoms with Gasteiger partial charge in [-0.05, 0) is 43.9 Å². The second-order valence-corrected chi connectivity index (χ2v) is 7.56. The Hall–Kier alpha value is -1.29. The average Bonchev–Trinajstić information content (AvgIpc) is 3.03. The standard InChI is InChI=1S/C20H37N3O5/c1-2-3-6-9-15(21-26)12-13-17-16(18(22-27)14-19(17)23-28)10-7-4-5-8-11-20(24)25/h4,7,12-13,15-19,21-23,26-28H,2-3,5-6,8-11,14H2,1H3,(H,24,25)/t15-,16-,17-,18+,19-/m1/s1. The van der Waals surface area contributed by atoms with Gasteiger partial charge in [-0.3, -0.25) is 4.79 Å². The van der Waals surface area contributed by atoms with E-state index in [0.29, 0.717) is 25.7 Å². The third-order valence-electron chi connectivity index (χ3n) is 5.50. The summed E-state index contributed by atoms with van der Waals surface area (Å²) in [6, 6.07) is -0.496. The van der Waals surface area contributed by atoms with Crippen molar-refractivity contribution in [3.8, 4) is 0 Å². The number of unbranched alkanes of at least 4 members (excludes halogenated alkanes) is 3. The molecule has 0 aliphatic heterocycles. The molecule has 28 heavy (non-hydrogen) atoms. The number of carbonyl (C=O) groups is 1. The summed E-state index contributed by atoms with van der Waals surface area (Å²) < 4.78 is 0. The van der Waals surface area contributed by atoms with Gasteiger partial charge in [-0.1, -0.05) is 50.5 Å². The van der Waals surface area contributed by atoms with Crippen LogP contribution in [0.25, 0.3) is 0 Å². The first-order chi connectivity index (χ1) is 13.6. The van der Waals surface area contributed by atoms with Gasteiger partial charge in [-0.2, -0.15) is 5.48 Å². The normalized spacial score (nSPS) is 26.4. The number of carboxylic acids is 1. The summed E-state index contributed by atoms with van der Waals surface area (Å²) in [7, 11) is 0. The van der Waals surface area contributed by atoms with Crippen LogP contribution in [0.2, 0.25) is 0 Å². The predicted molar refractivity (Wildman–Crippen MR) is 106 cm³/mol. The molecule has 162 valence electrons. The van der Waals surface area contributed by atoms with Gasteiger partial charge in [0.2, 0.25) is 0 Å². The van der Waals surface area contributed by atoms with Gasteiger partial charge in [-0.25, -0.2) is 11.0 Å². The van der Waals surface area contributed by atoms with Crippen LogP contribution >= 0.6 is 0 Å². The molecule has 0 saturated heterocycles. The largest absolute Gasteiger partial charge is 0.481 e. The maximum atomic E-state index is 10.5. The van der Waals surface area contributed by atoms with Crippen LogP contribution in [0.5, 0.6) is 0 Å². The summed E-state index contributed by atoms with van der Waals surface area (Å²) in [5, 5.41) is 37.1. The van der Waals surface area contributed by atoms with Gasteiger partial charge in [0, 0.05) is 24.5 Å². The molecule has 5 atom stereocenters. The van der Waals surface area contributed by atoms with E-state index in [4.69, 9.17) is 5.11 Å². The van der Waals surface area contributed by atoms with Crippen molar-refractivity contribution in [3.05, 3.63) is 24.3 Å². The highest BCUT2D eigenvalue weighted by molar-refractivity contribution is 5.66. The second-order valence-electron chi connectivity index (χ2n) is 7.56. The van der Waals surface area contributed by atoms with Crippen LogP contribution in [0, 0.1) is 11.8 Å². The van der Waals surface area contributed by atoms with Gasteiger partial charge in [-0.15, -0.1) is 0 Å². The lowest BCUT2D eigenvalue weighted by atomic mass is 9.88. The Morgan fingerprint density at radius 3 is 2.46 bits per heavy atom. The van der Waals surface area contributed by atoms with E-state index in [1.165, 1.54) is 0 Å². The van der Waals surface area contributed by atoms with Gasteiger partial charge in [0.15, 0.2) is 0 Å². The highest BCUT2D eigenvalue weighted by atomic mass is 16.5. The van der Waals surface area contributed by atoms with E-state index >= 15 is 0 Å². The maximum Gasteiger partial charge on any atom is 0.303 e. The number of carboxylic acid groups (broad SMARTS) is 1. The number of rotatable bonds is 15. The lowest BCUT2D eigenvalue weighted by Crippen LogP contribution is -2.32. The van der Waals surface area contributed by atoms with Crippen LogP contribution in [-0.2, 0) is 4.79 Å². The fourth-order valence-corrected chi connectivity index (χ4v) is 3.88. The summed E-state index contributed by atoms with van der Waals surface area (Å²) in [5.74, 6) is -0.737. The van der Waals surface area contributed by atoms with Gasteiger partial charge < -0.3 is 20.7 Å². The van der Waals surface area contributed by atoms with E-state index in [2.05, 4.69) is 23.4 Å². The zero-order valence-corrected chi connectivity index (χ0v) is 16.8. The van der Waals surface area contributed by atoms with Crippen LogP contribution in [0.3, 0.4) is 0 Å². The van der Waals surface area contributed by atoms with Crippen LogP contribution < -0.4 is 16.4 Å². The van der Waals surface area contributed by atoms with Gasteiger partial charge in [0.05, 0.1) is 0 Å². The van der Waals surface area contributed by atoms with Gasteiger partial charge in [0.25, 0.3) is 0 Å². The molecule has 1 rings (SSSR count). The Morgan fingerprint density at radius 1 is 1.11 bits per heavy atom. The molecule has 0 radical (unpaired) electrons. The van der Waals surface area contributed by atoms with Crippen molar-refractivity contribution in [1.82, 2.24) is 16.4 Å². The zero-order valence-electron chi connectivity index (χ0n) is 16.8. The molecule has 0 amide bonds. The Morgan fingerprint density at radius 2 is 1.86 bits per heavy atom. The van der Waals surface area contributed by atoms with Gasteiger partial charge in [0.1, 0.15) is 0 Å². The zero-order chi connectivity index (χ0) is 20.8. The Labute approximate surface area is 167 Å². The smallest absolute Gasteiger partial charge is 0.303 e. The lowest BCUT2D eigenvalue weighted by Gasteiger charge is -2.23. The quantitative estimate of drug-likeness (QED) is 0.127. The molecule has 0 spiro atoms. The number of allylic oxidation sites excluding steroid dienone is 2. The van der Waals surface area contributed by atoms with Crippen molar-refractivity contribution < 1.29 is 25.5 Å². The molecule has 0 aromatic carbocycles. The summed E-state index contributed by atoms with van der Waals surface area (Å²) in [4.78, 5) is 10.5. The van der Waals surface area contributed by atoms with E-state index in [9.17, 15) is 20.4 Å². The third kappa shape index (κ3) is 8.81. The van der Waals surface area contributed by atoms with E-state index in [-0.39, 0.29) is 36.4 Å². The average molecular weight is 400 g/mol. The Bertz CT molecular complexity index is 486. The SMILES string of the molecule is CCCCC[C@H](C=C[C@@H]1[C@@H](CC=CCCCC(=O)O)[C@@H](NO)C[C@H]1NO)NO. The molecule has 8 heteroatoms. The number of hydrogen-bond acceptors (Lipinski definition) is 7. The first kappa shape index (κ1) is 24.7. The number of nitrogens with one attached hydrogen (secondary N) is 3. The van der Waals surface area contributed by atoms with Crippen LogP contribution in [0.4, 0.5) is 0 Å². The monoisotopic (exact) mass is 399 g/mol. The maximum absolute atomic E-state index is 10.5. The Kier molecular flexibility index (Phi) is 13.0. The molecule has 8 nitrogen and oxygen atoms in total. The van der Waals surface area contributed by atoms with E-state index in [1.807, 2.05) is 24.3 Å². The summed E-state index contributed by atoms with van der Waals surface area (Å²) >= 11 is 0. The van der Waals surface area contributed by atoms with E-state index < -0.39 is 5.97 Å². The molecule has 0 heterocycles. The molecule has 0 aromatic heterocycles. The van der Waals surface area contributed by atoms with Crippen molar-refractivity contribution in [2.24, 2.45) is 11.8 Å². The fourth-order valence-electron chi connectivity index (χ4n) is 3.88. The molecule has 1 fully saturated rings. The van der Waals surface area contributed by atoms with Crippen LogP contribution in [0.1, 0.15) is 64.7 Å². The van der Waals surface area contributed by atoms with Crippen LogP contribution in [-0.4, -0.2) is 44.8 Å². The van der Waals surface area contributed by atoms with Gasteiger partial charge >= 0.3 is 5.97 Å². The molecular formula is C20H37N3O5. The molecule has 1 aliphatic rings. The predicted octanol–water partition coefficient (Wildman–Crippen LogP) is 3.00. The summed E-state index contributed by atoms with van der Waals surface area (Å²) in [5.41, 5.74) is 7.04. The topological polar surface area (TPSA) is 134 Å². The van der Waals surface area contributed by atoms with Crippen molar-refractivity contribution in [2.45, 2.75) is 82.8 Å². The highest BCUT2D eigenvalue weighted by Crippen LogP contribution is 2.36. The highest BCUT2D eigenvalue weighted by Gasteiger charge is 2.41. The number of aliphatic carboxylic acids is 1. The van der Waals surface area contributed by atoms with Crippen molar-refractivity contribution in [3.63, 3.8) is 0 Å². The van der Waals surface area contributed by atoms with E-state index in [0.717, 1.165) is 25.7 Å². The number of hydrogen-bond donors (Lipinski definition) is 7. The number of hydroxylamine groups is 3. The first-order valence-corrected chi connectivity index (χ1v) is 10.3. The minimum atomic E-state index is -0.790. The minimum absolute atomic E-state index is 0.0136. The fraction of sp³-hybridized carbons (Fsp3) is 0.750. The van der Waals surface area contributed by atoms with Crippen molar-refractivity contribution in [2.75, 3.05) is 0 Å². The molecule has 7 N–H and O–H groups in total. The molecule has 0 bridgehead atoms. The summed E-state index contributed by atoms with van der Waals surface area (Å²) in [6.45, 7) is 2.13. The third-order valence-corrected chi connectivity index (χ3v) is 5.50. The molecule has 0 unspecified atom stereocenters. The molecular weight excluding hydrogens is 362 g/mol. The summed E-state index contributed by atoms with van der Waals surface area (Å²) in [6.07, 6.45) is 14.8. The van der Waals surface area contributed by atoms with Crippen molar-refractivity contribution >= 4 is 5.97 Å². The first-order valence-electron chi connectivity index (χ1n) is 10.3. The van der Waals surface area contributed by atoms with Crippen molar-refractivity contribution in [1.29, 1.82) is 0 Å². The lowest BCUT2D eigenvalue weighted by molar-refractivity contribution is -0.137. The minimum Gasteiger partial charge on any atom is -0.481 e. The second kappa shape index (κ2) is 14.7. The Balaban J connectivity index is 2.69. The van der Waals surface area contributed by atoms with Crippen LogP contribution in [0.15, 0.2) is 24.3 Å². The molecule has 0 aromatic rings. The molecule has 1 aliphatic carbocycles. The molecule has 1 saturated carbocycles.